The van der Waals surface area contributed by atoms with Crippen LogP contribution in [0, 0.1) is 5.82 Å². The minimum absolute atomic E-state index is 0. The van der Waals surface area contributed by atoms with Gasteiger partial charge in [0.15, 0.2) is 0 Å². The lowest BCUT2D eigenvalue weighted by Crippen LogP contribution is -2.47. The molecule has 1 aliphatic carbocycles. The third kappa shape index (κ3) is 5.43. The fraction of sp³-hybridized carbons (Fsp3) is 0.611. The number of halogens is 2. The number of ether oxygens (including phenoxy) is 1. The van der Waals surface area contributed by atoms with Gasteiger partial charge in [-0.15, -0.1) is 12.4 Å². The van der Waals surface area contributed by atoms with Crippen LogP contribution in [0.25, 0.3) is 0 Å². The van der Waals surface area contributed by atoms with Crippen molar-refractivity contribution in [3.8, 4) is 0 Å². The van der Waals surface area contributed by atoms with Crippen LogP contribution in [0.4, 0.5) is 4.39 Å². The molecule has 0 atom stereocenters. The summed E-state index contributed by atoms with van der Waals surface area (Å²) in [6.45, 7) is 2.74. The molecule has 6 heteroatoms. The molecule has 1 fully saturated rings. The van der Waals surface area contributed by atoms with Crippen LogP contribution in [0.15, 0.2) is 24.3 Å². The summed E-state index contributed by atoms with van der Waals surface area (Å²) >= 11 is 0. The van der Waals surface area contributed by atoms with Crippen molar-refractivity contribution in [3.63, 3.8) is 0 Å². The molecule has 0 aromatic heterocycles. The topological polar surface area (TPSA) is 50.4 Å². The van der Waals surface area contributed by atoms with Crippen LogP contribution < -0.4 is 10.6 Å². The predicted molar refractivity (Wildman–Crippen MR) is 96.2 cm³/mol. The van der Waals surface area contributed by atoms with E-state index in [2.05, 4.69) is 10.6 Å². The zero-order valence-corrected chi connectivity index (χ0v) is 15.1. The minimum Gasteiger partial charge on any atom is -0.383 e. The predicted octanol–water partition coefficient (Wildman–Crippen LogP) is 2.80. The van der Waals surface area contributed by atoms with E-state index >= 15 is 0 Å². The van der Waals surface area contributed by atoms with Gasteiger partial charge < -0.3 is 15.4 Å². The molecule has 0 bridgehead atoms. The lowest BCUT2D eigenvalue weighted by molar-refractivity contribution is -0.128. The van der Waals surface area contributed by atoms with Gasteiger partial charge in [-0.1, -0.05) is 31.4 Å². The summed E-state index contributed by atoms with van der Waals surface area (Å²) < 4.78 is 18.2. The molecule has 1 amide bonds. The lowest BCUT2D eigenvalue weighted by Gasteiger charge is -2.36. The highest BCUT2D eigenvalue weighted by atomic mass is 35.5. The monoisotopic (exact) mass is 358 g/mol. The highest BCUT2D eigenvalue weighted by molar-refractivity contribution is 5.88. The molecule has 1 aromatic rings. The SMILES string of the molecule is COCCNCCNC(=O)C1(c2ccc(F)cc2)CCCCC1.Cl. The highest BCUT2D eigenvalue weighted by Crippen LogP contribution is 2.39. The van der Waals surface area contributed by atoms with Gasteiger partial charge in [0.2, 0.25) is 5.91 Å². The van der Waals surface area contributed by atoms with Crippen LogP contribution in [0.5, 0.6) is 0 Å². The maximum absolute atomic E-state index is 13.2. The molecule has 2 rings (SSSR count). The van der Waals surface area contributed by atoms with Crippen molar-refractivity contribution in [2.75, 3.05) is 33.4 Å². The van der Waals surface area contributed by atoms with Crippen molar-refractivity contribution in [1.82, 2.24) is 10.6 Å². The number of carbonyl (C=O) groups is 1. The third-order valence-corrected chi connectivity index (χ3v) is 4.61. The maximum Gasteiger partial charge on any atom is 0.230 e. The van der Waals surface area contributed by atoms with E-state index in [1.807, 2.05) is 0 Å². The van der Waals surface area contributed by atoms with Gasteiger partial charge in [-0.25, -0.2) is 4.39 Å². The first-order valence-electron chi connectivity index (χ1n) is 8.43. The van der Waals surface area contributed by atoms with E-state index in [-0.39, 0.29) is 24.1 Å². The average Bonchev–Trinajstić information content (AvgIpc) is 2.59. The van der Waals surface area contributed by atoms with Crippen molar-refractivity contribution < 1.29 is 13.9 Å². The Kier molecular flexibility index (Phi) is 9.26. The Bertz CT molecular complexity index is 490. The van der Waals surface area contributed by atoms with Crippen molar-refractivity contribution in [2.24, 2.45) is 0 Å². The van der Waals surface area contributed by atoms with Crippen LogP contribution in [0.3, 0.4) is 0 Å². The lowest BCUT2D eigenvalue weighted by atomic mass is 9.68. The third-order valence-electron chi connectivity index (χ3n) is 4.61. The van der Waals surface area contributed by atoms with E-state index in [0.717, 1.165) is 44.2 Å². The molecular weight excluding hydrogens is 331 g/mol. The van der Waals surface area contributed by atoms with Crippen molar-refractivity contribution >= 4 is 18.3 Å². The van der Waals surface area contributed by atoms with Gasteiger partial charge in [-0.3, -0.25) is 4.79 Å². The second kappa shape index (κ2) is 10.6. The molecule has 0 radical (unpaired) electrons. The van der Waals surface area contributed by atoms with Crippen LogP contribution >= 0.6 is 12.4 Å². The Balaban J connectivity index is 0.00000288. The Labute approximate surface area is 149 Å². The van der Waals surface area contributed by atoms with Crippen LogP contribution in [-0.2, 0) is 14.9 Å². The molecule has 136 valence electrons. The van der Waals surface area contributed by atoms with Gasteiger partial charge in [0, 0.05) is 26.7 Å². The summed E-state index contributed by atoms with van der Waals surface area (Å²) in [5.41, 5.74) is 0.432. The number of nitrogens with one attached hydrogen (secondary N) is 2. The van der Waals surface area contributed by atoms with Crippen molar-refractivity contribution in [1.29, 1.82) is 0 Å². The number of amides is 1. The molecule has 0 heterocycles. The van der Waals surface area contributed by atoms with E-state index < -0.39 is 5.41 Å². The molecule has 0 saturated heterocycles. The highest BCUT2D eigenvalue weighted by Gasteiger charge is 2.40. The quantitative estimate of drug-likeness (QED) is 0.702. The zero-order valence-electron chi connectivity index (χ0n) is 14.3. The Morgan fingerprint density at radius 1 is 1.12 bits per heavy atom. The molecule has 1 aliphatic rings. The van der Waals surface area contributed by atoms with E-state index in [9.17, 15) is 9.18 Å². The summed E-state index contributed by atoms with van der Waals surface area (Å²) in [7, 11) is 1.67. The number of hydrogen-bond acceptors (Lipinski definition) is 3. The van der Waals surface area contributed by atoms with Gasteiger partial charge in [0.1, 0.15) is 5.82 Å². The first kappa shape index (κ1) is 20.9. The number of rotatable bonds is 8. The summed E-state index contributed by atoms with van der Waals surface area (Å²) in [4.78, 5) is 12.8. The summed E-state index contributed by atoms with van der Waals surface area (Å²) in [5.74, 6) is -0.195. The van der Waals surface area contributed by atoms with Gasteiger partial charge in [-0.2, -0.15) is 0 Å². The Morgan fingerprint density at radius 2 is 1.79 bits per heavy atom. The number of carbonyl (C=O) groups excluding carboxylic acids is 1. The van der Waals surface area contributed by atoms with Crippen LogP contribution in [-0.4, -0.2) is 39.3 Å². The Morgan fingerprint density at radius 3 is 2.42 bits per heavy atom. The van der Waals surface area contributed by atoms with Gasteiger partial charge >= 0.3 is 0 Å². The zero-order chi connectivity index (χ0) is 16.5. The standard InChI is InChI=1S/C18H27FN2O2.ClH/c1-23-14-13-20-11-12-21-17(22)18(9-3-2-4-10-18)15-5-7-16(19)8-6-15;/h5-8,20H,2-4,9-14H2,1H3,(H,21,22);1H. The molecule has 1 saturated carbocycles. The van der Waals surface area contributed by atoms with Crippen LogP contribution in [0.1, 0.15) is 37.7 Å². The fourth-order valence-electron chi connectivity index (χ4n) is 3.30. The molecule has 24 heavy (non-hydrogen) atoms. The van der Waals surface area contributed by atoms with E-state index in [0.29, 0.717) is 19.7 Å². The maximum atomic E-state index is 13.2. The second-order valence-corrected chi connectivity index (χ2v) is 6.15. The van der Waals surface area contributed by atoms with Crippen molar-refractivity contribution in [2.45, 2.75) is 37.5 Å². The molecule has 1 aromatic carbocycles. The summed E-state index contributed by atoms with van der Waals surface area (Å²) in [6, 6.07) is 6.42. The van der Waals surface area contributed by atoms with Crippen LogP contribution in [0.2, 0.25) is 0 Å². The smallest absolute Gasteiger partial charge is 0.230 e. The summed E-state index contributed by atoms with van der Waals surface area (Å²) in [6.07, 6.45) is 4.91. The van der Waals surface area contributed by atoms with E-state index in [4.69, 9.17) is 4.74 Å². The van der Waals surface area contributed by atoms with Gasteiger partial charge in [0.25, 0.3) is 0 Å². The molecule has 0 unspecified atom stereocenters. The van der Waals surface area contributed by atoms with E-state index in [1.54, 1.807) is 19.2 Å². The molecular formula is C18H28ClFN2O2. The van der Waals surface area contributed by atoms with Gasteiger partial charge in [0.05, 0.1) is 12.0 Å². The van der Waals surface area contributed by atoms with Crippen molar-refractivity contribution in [3.05, 3.63) is 35.6 Å². The molecule has 4 nitrogen and oxygen atoms in total. The minimum atomic E-state index is -0.502. The number of benzene rings is 1. The largest absolute Gasteiger partial charge is 0.383 e. The summed E-state index contributed by atoms with van der Waals surface area (Å²) in [5, 5.41) is 6.26. The first-order chi connectivity index (χ1) is 11.2. The molecule has 0 spiro atoms. The average molecular weight is 359 g/mol. The van der Waals surface area contributed by atoms with E-state index in [1.165, 1.54) is 12.1 Å². The fourth-order valence-corrected chi connectivity index (χ4v) is 3.30. The second-order valence-electron chi connectivity index (χ2n) is 6.15. The van der Waals surface area contributed by atoms with Gasteiger partial charge in [-0.05, 0) is 30.5 Å². The molecule has 0 aliphatic heterocycles. The number of methoxy groups -OCH3 is 1. The molecule has 2 N–H and O–H groups in total. The Hall–Kier alpha value is -1.17. The number of hydrogen-bond donors (Lipinski definition) is 2. The first-order valence-corrected chi connectivity index (χ1v) is 8.43. The normalized spacial score (nSPS) is 16.2.